The van der Waals surface area contributed by atoms with Crippen molar-refractivity contribution >= 4 is 5.91 Å². The minimum absolute atomic E-state index is 0.0898. The van der Waals surface area contributed by atoms with E-state index in [0.717, 1.165) is 44.0 Å². The molecule has 122 valence electrons. The second-order valence-electron chi connectivity index (χ2n) is 6.17. The first-order valence-electron chi connectivity index (χ1n) is 7.92. The monoisotopic (exact) mass is 317 g/mol. The minimum Gasteiger partial charge on any atom is -0.351 e. The molecule has 0 spiro atoms. The van der Waals surface area contributed by atoms with E-state index < -0.39 is 0 Å². The molecule has 1 aliphatic carbocycles. The van der Waals surface area contributed by atoms with Crippen LogP contribution < -0.4 is 0 Å². The van der Waals surface area contributed by atoms with Crippen molar-refractivity contribution in [3.63, 3.8) is 0 Å². The van der Waals surface area contributed by atoms with Gasteiger partial charge in [0.15, 0.2) is 5.82 Å². The highest BCUT2D eigenvalue weighted by Gasteiger charge is 2.29. The van der Waals surface area contributed by atoms with Crippen LogP contribution in [0, 0.1) is 6.92 Å². The van der Waals surface area contributed by atoms with Gasteiger partial charge < -0.3 is 9.42 Å². The quantitative estimate of drug-likeness (QED) is 0.798. The normalized spacial score (nSPS) is 19.3. The van der Waals surface area contributed by atoms with Gasteiger partial charge in [-0.25, -0.2) is 4.68 Å². The lowest BCUT2D eigenvalue weighted by Crippen LogP contribution is -2.48. The summed E-state index contributed by atoms with van der Waals surface area (Å²) in [7, 11) is 0. The number of hydrogen-bond donors (Lipinski definition) is 0. The number of nitrogens with zero attached hydrogens (tertiary/aromatic N) is 7. The number of aryl methyl sites for hydroxylation is 1. The number of aromatic nitrogens is 5. The van der Waals surface area contributed by atoms with Crippen LogP contribution in [0.25, 0.3) is 0 Å². The van der Waals surface area contributed by atoms with E-state index in [1.54, 1.807) is 11.0 Å². The Bertz CT molecular complexity index is 698. The van der Waals surface area contributed by atoms with Gasteiger partial charge in [0.05, 0.1) is 18.3 Å². The number of carbonyl (C=O) groups is 1. The first kappa shape index (κ1) is 14.3. The van der Waals surface area contributed by atoms with Gasteiger partial charge in [0.1, 0.15) is 0 Å². The van der Waals surface area contributed by atoms with E-state index in [0.29, 0.717) is 24.9 Å². The van der Waals surface area contributed by atoms with Gasteiger partial charge in [-0.15, -0.1) is 5.10 Å². The Balaban J connectivity index is 1.34. The van der Waals surface area contributed by atoms with Crippen molar-refractivity contribution in [3.8, 4) is 0 Å². The summed E-state index contributed by atoms with van der Waals surface area (Å²) < 4.78 is 7.00. The van der Waals surface area contributed by atoms with Crippen LogP contribution in [0.1, 0.15) is 41.0 Å². The summed E-state index contributed by atoms with van der Waals surface area (Å²) >= 11 is 0. The number of hydrogen-bond acceptors (Lipinski definition) is 7. The van der Waals surface area contributed by atoms with Crippen molar-refractivity contribution < 1.29 is 9.32 Å². The van der Waals surface area contributed by atoms with Crippen LogP contribution >= 0.6 is 0 Å². The zero-order valence-electron chi connectivity index (χ0n) is 13.1. The molecule has 0 bridgehead atoms. The fourth-order valence-corrected chi connectivity index (χ4v) is 2.85. The van der Waals surface area contributed by atoms with Crippen molar-refractivity contribution in [2.24, 2.45) is 0 Å². The fourth-order valence-electron chi connectivity index (χ4n) is 2.85. The van der Waals surface area contributed by atoms with Crippen LogP contribution in [0.2, 0.25) is 0 Å². The number of amides is 1. The molecule has 2 aromatic heterocycles. The molecule has 9 heteroatoms. The topological polar surface area (TPSA) is 93.2 Å². The van der Waals surface area contributed by atoms with Gasteiger partial charge in [-0.3, -0.25) is 9.69 Å². The lowest BCUT2D eigenvalue weighted by Gasteiger charge is -2.33. The average molecular weight is 317 g/mol. The lowest BCUT2D eigenvalue weighted by molar-refractivity contribution is 0.0584. The van der Waals surface area contributed by atoms with Gasteiger partial charge in [0.25, 0.3) is 5.91 Å². The van der Waals surface area contributed by atoms with Crippen molar-refractivity contribution in [2.45, 2.75) is 32.4 Å². The fraction of sp³-hybridized carbons (Fsp3) is 0.643. The zero-order valence-corrected chi connectivity index (χ0v) is 13.1. The maximum absolute atomic E-state index is 12.3. The van der Waals surface area contributed by atoms with Crippen LogP contribution in [0.3, 0.4) is 0 Å². The summed E-state index contributed by atoms with van der Waals surface area (Å²) in [5, 5.41) is 15.8. The third-order valence-electron chi connectivity index (χ3n) is 4.32. The number of piperazine rings is 1. The molecule has 2 fully saturated rings. The molecule has 3 heterocycles. The molecule has 1 aliphatic heterocycles. The zero-order chi connectivity index (χ0) is 15.8. The molecule has 2 aliphatic rings. The summed E-state index contributed by atoms with van der Waals surface area (Å²) in [5.41, 5.74) is 0.721. The van der Waals surface area contributed by atoms with Gasteiger partial charge in [0.2, 0.25) is 5.76 Å². The van der Waals surface area contributed by atoms with Crippen LogP contribution in [0.15, 0.2) is 10.6 Å². The summed E-state index contributed by atoms with van der Waals surface area (Å²) in [6, 6.07) is 2.16. The van der Waals surface area contributed by atoms with Gasteiger partial charge in [0, 0.05) is 32.2 Å². The summed E-state index contributed by atoms with van der Waals surface area (Å²) in [6.45, 7) is 5.48. The molecular weight excluding hydrogens is 298 g/mol. The van der Waals surface area contributed by atoms with E-state index in [9.17, 15) is 4.79 Å². The third kappa shape index (κ3) is 2.96. The first-order valence-corrected chi connectivity index (χ1v) is 7.92. The summed E-state index contributed by atoms with van der Waals surface area (Å²) in [4.78, 5) is 16.4. The third-order valence-corrected chi connectivity index (χ3v) is 4.32. The Hall–Kier alpha value is -2.29. The number of rotatable bonds is 4. The van der Waals surface area contributed by atoms with Gasteiger partial charge in [-0.05, 0) is 30.2 Å². The van der Waals surface area contributed by atoms with E-state index in [1.165, 1.54) is 0 Å². The number of tetrazole rings is 1. The molecular formula is C14H19N7O2. The van der Waals surface area contributed by atoms with Crippen LogP contribution in [-0.4, -0.2) is 67.2 Å². The molecule has 0 radical (unpaired) electrons. The Morgan fingerprint density at radius 2 is 2.09 bits per heavy atom. The SMILES string of the molecule is Cc1cc(C(=O)N2CCN(Cc3nnnn3C3CC3)CC2)on1. The highest BCUT2D eigenvalue weighted by atomic mass is 16.5. The van der Waals surface area contributed by atoms with E-state index >= 15 is 0 Å². The van der Waals surface area contributed by atoms with Crippen molar-refractivity contribution in [1.82, 2.24) is 35.2 Å². The molecule has 0 atom stereocenters. The maximum atomic E-state index is 12.3. The van der Waals surface area contributed by atoms with Crippen LogP contribution in [0.4, 0.5) is 0 Å². The van der Waals surface area contributed by atoms with E-state index in [2.05, 4.69) is 25.6 Å². The molecule has 0 aromatic carbocycles. The smallest absolute Gasteiger partial charge is 0.292 e. The predicted octanol–water partition coefficient (Wildman–Crippen LogP) is 0.262. The molecule has 1 saturated carbocycles. The summed E-state index contributed by atoms with van der Waals surface area (Å²) in [6.07, 6.45) is 2.33. The molecule has 4 rings (SSSR count). The average Bonchev–Trinajstić information content (AvgIpc) is 3.15. The molecule has 1 saturated heterocycles. The first-order chi connectivity index (χ1) is 11.2. The van der Waals surface area contributed by atoms with E-state index in [4.69, 9.17) is 4.52 Å². The highest BCUT2D eigenvalue weighted by molar-refractivity contribution is 5.91. The van der Waals surface area contributed by atoms with E-state index in [-0.39, 0.29) is 5.91 Å². The largest absolute Gasteiger partial charge is 0.351 e. The molecule has 1 amide bonds. The second kappa shape index (κ2) is 5.73. The Morgan fingerprint density at radius 1 is 1.30 bits per heavy atom. The molecule has 0 N–H and O–H groups in total. The highest BCUT2D eigenvalue weighted by Crippen LogP contribution is 2.34. The van der Waals surface area contributed by atoms with Gasteiger partial charge in [-0.1, -0.05) is 5.16 Å². The Morgan fingerprint density at radius 3 is 2.74 bits per heavy atom. The second-order valence-corrected chi connectivity index (χ2v) is 6.17. The maximum Gasteiger partial charge on any atom is 0.292 e. The van der Waals surface area contributed by atoms with E-state index in [1.807, 2.05) is 11.6 Å². The van der Waals surface area contributed by atoms with Crippen molar-refractivity contribution in [2.75, 3.05) is 26.2 Å². The van der Waals surface area contributed by atoms with Gasteiger partial charge >= 0.3 is 0 Å². The predicted molar refractivity (Wildman–Crippen MR) is 78.5 cm³/mol. The number of carbonyl (C=O) groups excluding carboxylic acids is 1. The van der Waals surface area contributed by atoms with Crippen molar-refractivity contribution in [1.29, 1.82) is 0 Å². The Labute approximate surface area is 133 Å². The summed E-state index contributed by atoms with van der Waals surface area (Å²) in [5.74, 6) is 1.14. The van der Waals surface area contributed by atoms with Gasteiger partial charge in [-0.2, -0.15) is 0 Å². The molecule has 23 heavy (non-hydrogen) atoms. The molecule has 9 nitrogen and oxygen atoms in total. The van der Waals surface area contributed by atoms with Crippen LogP contribution in [-0.2, 0) is 6.54 Å². The molecule has 2 aromatic rings. The standard InChI is InChI=1S/C14H19N7O2/c1-10-8-12(23-16-10)14(22)20-6-4-19(5-7-20)9-13-15-17-18-21(13)11-2-3-11/h8,11H,2-7,9H2,1H3. The van der Waals surface area contributed by atoms with Crippen molar-refractivity contribution in [3.05, 3.63) is 23.3 Å². The molecule has 0 unspecified atom stereocenters. The van der Waals surface area contributed by atoms with Crippen LogP contribution in [0.5, 0.6) is 0 Å². The lowest BCUT2D eigenvalue weighted by atomic mass is 10.2. The minimum atomic E-state index is -0.0898. The Kier molecular flexibility index (Phi) is 3.56.